The Labute approximate surface area is 227 Å². The van der Waals surface area contributed by atoms with Crippen molar-refractivity contribution in [2.45, 2.75) is 6.61 Å². The molecule has 1 amide bonds. The molecule has 9 heteroatoms. The minimum Gasteiger partial charge on any atom is -0.488 e. The van der Waals surface area contributed by atoms with Gasteiger partial charge in [-0.3, -0.25) is 4.79 Å². The molecule has 1 heterocycles. The van der Waals surface area contributed by atoms with Crippen molar-refractivity contribution in [3.05, 3.63) is 93.9 Å². The highest BCUT2D eigenvalue weighted by molar-refractivity contribution is 14.1. The fourth-order valence-corrected chi connectivity index (χ4v) is 5.01. The summed E-state index contributed by atoms with van der Waals surface area (Å²) in [5.41, 5.74) is 2.51. The Hall–Kier alpha value is -1.27. The predicted octanol–water partition coefficient (Wildman–Crippen LogP) is 7.67. The van der Waals surface area contributed by atoms with Crippen LogP contribution in [0.15, 0.2) is 70.6 Å². The molecule has 0 atom stereocenters. The minimum atomic E-state index is -0.207. The van der Waals surface area contributed by atoms with E-state index < -0.39 is 0 Å². The number of benzene rings is 3. The van der Waals surface area contributed by atoms with Crippen molar-refractivity contribution in [2.24, 2.45) is 4.99 Å². The number of carbonyl (C=O) groups is 1. The molecule has 3 aromatic carbocycles. The highest BCUT2D eigenvalue weighted by Crippen LogP contribution is 2.35. The number of rotatable bonds is 5. The quantitative estimate of drug-likeness (QED) is 0.219. The molecule has 0 aliphatic carbocycles. The Morgan fingerprint density at radius 2 is 1.84 bits per heavy atom. The number of amides is 1. The fraction of sp³-hybridized carbons (Fsp3) is 0.0435. The highest BCUT2D eigenvalue weighted by Gasteiger charge is 2.24. The van der Waals surface area contributed by atoms with Crippen LogP contribution in [0, 0.1) is 7.14 Å². The second-order valence-electron chi connectivity index (χ2n) is 6.66. The fourth-order valence-electron chi connectivity index (χ4n) is 2.79. The number of halogens is 4. The van der Waals surface area contributed by atoms with E-state index >= 15 is 0 Å². The standard InChI is InChI=1S/C23H14Cl2I2N2O2S/c24-16-2-1-3-18(21(16)25)28-23-29-22(30)20(32-23)11-14-6-9-19(17(27)10-14)31-12-13-4-7-15(26)8-5-13/h1-11H,12H2,(H,28,29,30)/b20-11+. The average Bonchev–Trinajstić information content (AvgIpc) is 3.10. The van der Waals surface area contributed by atoms with E-state index in [9.17, 15) is 4.79 Å². The van der Waals surface area contributed by atoms with Crippen molar-refractivity contribution in [3.8, 4) is 5.75 Å². The zero-order chi connectivity index (χ0) is 22.7. The van der Waals surface area contributed by atoms with Crippen LogP contribution < -0.4 is 10.1 Å². The average molecular weight is 707 g/mol. The first-order chi connectivity index (χ1) is 15.4. The molecule has 1 saturated heterocycles. The van der Waals surface area contributed by atoms with Crippen molar-refractivity contribution < 1.29 is 9.53 Å². The predicted molar refractivity (Wildman–Crippen MR) is 150 cm³/mol. The smallest absolute Gasteiger partial charge is 0.264 e. The monoisotopic (exact) mass is 706 g/mol. The van der Waals surface area contributed by atoms with Crippen molar-refractivity contribution in [1.82, 2.24) is 5.32 Å². The van der Waals surface area contributed by atoms with Gasteiger partial charge in [0.05, 0.1) is 24.2 Å². The lowest BCUT2D eigenvalue weighted by atomic mass is 10.2. The van der Waals surface area contributed by atoms with Crippen molar-refractivity contribution in [3.63, 3.8) is 0 Å². The Morgan fingerprint density at radius 1 is 1.06 bits per heavy atom. The molecule has 0 bridgehead atoms. The first kappa shape index (κ1) is 23.9. The summed E-state index contributed by atoms with van der Waals surface area (Å²) in [6.07, 6.45) is 1.83. The molecule has 0 radical (unpaired) electrons. The molecular formula is C23H14Cl2I2N2O2S. The van der Waals surface area contributed by atoms with Gasteiger partial charge >= 0.3 is 0 Å². The van der Waals surface area contributed by atoms with E-state index in [1.807, 2.05) is 24.3 Å². The summed E-state index contributed by atoms with van der Waals surface area (Å²) in [5, 5.41) is 3.99. The number of nitrogens with one attached hydrogen (secondary N) is 1. The molecule has 1 N–H and O–H groups in total. The van der Waals surface area contributed by atoms with Crippen molar-refractivity contribution in [1.29, 1.82) is 0 Å². The van der Waals surface area contributed by atoms with Gasteiger partial charge in [0, 0.05) is 3.57 Å². The lowest BCUT2D eigenvalue weighted by molar-refractivity contribution is -0.115. The largest absolute Gasteiger partial charge is 0.488 e. The summed E-state index contributed by atoms with van der Waals surface area (Å²) >= 11 is 18.0. The molecule has 1 fully saturated rings. The van der Waals surface area contributed by atoms with Crippen molar-refractivity contribution in [2.75, 3.05) is 0 Å². The molecular weight excluding hydrogens is 693 g/mol. The Morgan fingerprint density at radius 3 is 2.59 bits per heavy atom. The number of amidine groups is 1. The number of ether oxygens (including phenoxy) is 1. The number of aliphatic imine (C=N–C) groups is 1. The third-order valence-corrected chi connectivity index (χ3v) is 7.65. The van der Waals surface area contributed by atoms with Gasteiger partial charge in [0.25, 0.3) is 5.91 Å². The molecule has 0 unspecified atom stereocenters. The Balaban J connectivity index is 1.47. The van der Waals surface area contributed by atoms with Crippen LogP contribution in [0.5, 0.6) is 5.75 Å². The molecule has 162 valence electrons. The number of carbonyl (C=O) groups excluding carboxylic acids is 1. The van der Waals surface area contributed by atoms with Gasteiger partial charge in [-0.2, -0.15) is 0 Å². The van der Waals surface area contributed by atoms with Crippen LogP contribution in [0.1, 0.15) is 11.1 Å². The molecule has 1 aliphatic heterocycles. The summed E-state index contributed by atoms with van der Waals surface area (Å²) in [7, 11) is 0. The minimum absolute atomic E-state index is 0.207. The summed E-state index contributed by atoms with van der Waals surface area (Å²) in [5.74, 6) is 0.591. The second kappa shape index (κ2) is 10.8. The lowest BCUT2D eigenvalue weighted by Gasteiger charge is -2.09. The molecule has 1 aliphatic rings. The third-order valence-electron chi connectivity index (χ3n) is 4.37. The van der Waals surface area contributed by atoms with E-state index in [1.165, 1.54) is 15.3 Å². The highest BCUT2D eigenvalue weighted by atomic mass is 127. The molecule has 4 rings (SSSR count). The zero-order valence-corrected chi connectivity index (χ0v) is 22.9. The van der Waals surface area contributed by atoms with Crippen LogP contribution in [-0.4, -0.2) is 11.1 Å². The van der Waals surface area contributed by atoms with Gasteiger partial charge in [0.2, 0.25) is 0 Å². The van der Waals surface area contributed by atoms with Crippen LogP contribution >= 0.6 is 80.1 Å². The number of hydrogen-bond acceptors (Lipinski definition) is 4. The molecule has 0 aromatic heterocycles. The summed E-state index contributed by atoms with van der Waals surface area (Å²) < 4.78 is 8.11. The van der Waals surface area contributed by atoms with Gasteiger partial charge in [-0.15, -0.1) is 0 Å². The molecule has 4 nitrogen and oxygen atoms in total. The van der Waals surface area contributed by atoms with E-state index in [4.69, 9.17) is 27.9 Å². The first-order valence-electron chi connectivity index (χ1n) is 9.29. The molecule has 0 spiro atoms. The maximum absolute atomic E-state index is 12.4. The Bertz CT molecular complexity index is 1250. The maximum Gasteiger partial charge on any atom is 0.264 e. The zero-order valence-electron chi connectivity index (χ0n) is 16.2. The molecule has 0 saturated carbocycles. The summed E-state index contributed by atoms with van der Waals surface area (Å²) in [6.45, 7) is 0.498. The molecule has 32 heavy (non-hydrogen) atoms. The summed E-state index contributed by atoms with van der Waals surface area (Å²) in [4.78, 5) is 17.4. The van der Waals surface area contributed by atoms with Gasteiger partial charge in [0.15, 0.2) is 5.17 Å². The number of thioether (sulfide) groups is 1. The molecule has 3 aromatic rings. The van der Waals surface area contributed by atoms with Gasteiger partial charge in [-0.05, 0) is 111 Å². The SMILES string of the molecule is O=C1NC(=Nc2cccc(Cl)c2Cl)S/C1=C/c1ccc(OCc2ccc(I)cc2)c(I)c1. The van der Waals surface area contributed by atoms with Crippen molar-refractivity contribution >= 4 is 103 Å². The normalized spacial score (nSPS) is 15.9. The van der Waals surface area contributed by atoms with E-state index in [0.717, 1.165) is 20.4 Å². The van der Waals surface area contributed by atoms with Crippen LogP contribution in [-0.2, 0) is 11.4 Å². The van der Waals surface area contributed by atoms with Crippen LogP contribution in [0.3, 0.4) is 0 Å². The van der Waals surface area contributed by atoms with Crippen LogP contribution in [0.4, 0.5) is 5.69 Å². The van der Waals surface area contributed by atoms with Gasteiger partial charge in [0.1, 0.15) is 12.4 Å². The number of nitrogens with zero attached hydrogens (tertiary/aromatic N) is 1. The van der Waals surface area contributed by atoms with E-state index in [-0.39, 0.29) is 5.91 Å². The Kier molecular flexibility index (Phi) is 8.04. The van der Waals surface area contributed by atoms with E-state index in [2.05, 4.69) is 79.8 Å². The second-order valence-corrected chi connectivity index (χ2v) is 10.9. The van der Waals surface area contributed by atoms with E-state index in [1.54, 1.807) is 18.2 Å². The van der Waals surface area contributed by atoms with E-state index in [0.29, 0.717) is 32.4 Å². The third kappa shape index (κ3) is 5.99. The number of hydrogen-bond donors (Lipinski definition) is 1. The first-order valence-corrected chi connectivity index (χ1v) is 13.0. The van der Waals surface area contributed by atoms with Gasteiger partial charge < -0.3 is 10.1 Å². The summed E-state index contributed by atoms with van der Waals surface area (Å²) in [6, 6.07) is 19.2. The van der Waals surface area contributed by atoms with Gasteiger partial charge in [-0.25, -0.2) is 4.99 Å². The van der Waals surface area contributed by atoms with Crippen LogP contribution in [0.25, 0.3) is 6.08 Å². The topological polar surface area (TPSA) is 50.7 Å². The maximum atomic E-state index is 12.4. The lowest BCUT2D eigenvalue weighted by Crippen LogP contribution is -2.19. The van der Waals surface area contributed by atoms with Crippen LogP contribution in [0.2, 0.25) is 10.0 Å². The van der Waals surface area contributed by atoms with Gasteiger partial charge in [-0.1, -0.05) is 47.5 Å².